The van der Waals surface area contributed by atoms with Crippen molar-refractivity contribution < 1.29 is 14.4 Å². The zero-order chi connectivity index (χ0) is 18.3. The highest BCUT2D eigenvalue weighted by Gasteiger charge is 2.34. The first-order valence-corrected chi connectivity index (χ1v) is 9.64. The van der Waals surface area contributed by atoms with Gasteiger partial charge in [0.15, 0.2) is 0 Å². The Labute approximate surface area is 158 Å². The van der Waals surface area contributed by atoms with Crippen molar-refractivity contribution in [2.45, 2.75) is 31.2 Å². The van der Waals surface area contributed by atoms with Gasteiger partial charge in [-0.05, 0) is 31.0 Å². The van der Waals surface area contributed by atoms with Crippen molar-refractivity contribution in [3.63, 3.8) is 0 Å². The lowest BCUT2D eigenvalue weighted by Gasteiger charge is -2.31. The molecular formula is C17H17ClN4O3S. The minimum atomic E-state index is -0.762. The second-order valence-corrected chi connectivity index (χ2v) is 8.04. The molecule has 2 saturated heterocycles. The predicted molar refractivity (Wildman–Crippen MR) is 98.3 cm³/mol. The number of piperidine rings is 1. The highest BCUT2D eigenvalue weighted by molar-refractivity contribution is 7.18. The molecule has 3 heterocycles. The molecule has 1 aromatic heterocycles. The van der Waals surface area contributed by atoms with E-state index in [1.165, 1.54) is 0 Å². The molecule has 0 aliphatic carbocycles. The highest BCUT2D eigenvalue weighted by atomic mass is 35.5. The van der Waals surface area contributed by atoms with Gasteiger partial charge in [-0.25, -0.2) is 9.78 Å². The average Bonchev–Trinajstić information content (AvgIpc) is 3.17. The molecule has 0 spiro atoms. The number of carbonyl (C=O) groups is 3. The van der Waals surface area contributed by atoms with Crippen molar-refractivity contribution in [2.75, 3.05) is 13.1 Å². The van der Waals surface area contributed by atoms with E-state index in [0.717, 1.165) is 28.1 Å². The summed E-state index contributed by atoms with van der Waals surface area (Å²) in [6, 6.07) is 4.42. The Morgan fingerprint density at radius 3 is 2.77 bits per heavy atom. The molecule has 26 heavy (non-hydrogen) atoms. The van der Waals surface area contributed by atoms with E-state index in [0.29, 0.717) is 24.0 Å². The Bertz CT molecular complexity index is 891. The Morgan fingerprint density at radius 1 is 1.31 bits per heavy atom. The topological polar surface area (TPSA) is 91.4 Å². The Balaban J connectivity index is 1.36. The fourth-order valence-corrected chi connectivity index (χ4v) is 4.66. The van der Waals surface area contributed by atoms with Gasteiger partial charge >= 0.3 is 6.03 Å². The van der Waals surface area contributed by atoms with Crippen molar-refractivity contribution >= 4 is 51.0 Å². The molecule has 4 rings (SSSR count). The summed E-state index contributed by atoms with van der Waals surface area (Å²) in [7, 11) is 0. The first-order chi connectivity index (χ1) is 12.5. The number of amides is 4. The summed E-state index contributed by atoms with van der Waals surface area (Å²) in [4.78, 5) is 41.6. The number of hydrogen-bond acceptors (Lipinski definition) is 5. The third kappa shape index (κ3) is 3.39. The largest absolute Gasteiger partial charge is 0.343 e. The minimum absolute atomic E-state index is 0.00186. The van der Waals surface area contributed by atoms with Crippen molar-refractivity contribution in [1.29, 1.82) is 0 Å². The number of urea groups is 1. The Morgan fingerprint density at radius 2 is 2.08 bits per heavy atom. The van der Waals surface area contributed by atoms with Gasteiger partial charge in [-0.15, -0.1) is 11.3 Å². The fraction of sp³-hybridized carbons (Fsp3) is 0.412. The predicted octanol–water partition coefficient (Wildman–Crippen LogP) is 2.25. The minimum Gasteiger partial charge on any atom is -0.343 e. The van der Waals surface area contributed by atoms with Crippen molar-refractivity contribution in [3.05, 3.63) is 28.2 Å². The van der Waals surface area contributed by atoms with Gasteiger partial charge in [0, 0.05) is 24.0 Å². The number of rotatable bonds is 3. The van der Waals surface area contributed by atoms with Gasteiger partial charge in [-0.1, -0.05) is 11.6 Å². The molecule has 7 nitrogen and oxygen atoms in total. The maximum atomic E-state index is 12.4. The van der Waals surface area contributed by atoms with Crippen LogP contribution in [0.3, 0.4) is 0 Å². The first-order valence-electron chi connectivity index (χ1n) is 8.45. The third-order valence-electron chi connectivity index (χ3n) is 4.80. The quantitative estimate of drug-likeness (QED) is 0.784. The maximum Gasteiger partial charge on any atom is 0.322 e. The first kappa shape index (κ1) is 17.2. The number of fused-ring (bicyclic) bond motifs is 1. The van der Waals surface area contributed by atoms with Gasteiger partial charge in [0.1, 0.15) is 6.04 Å². The molecule has 2 aliphatic rings. The molecule has 136 valence electrons. The van der Waals surface area contributed by atoms with Crippen LogP contribution in [0, 0.1) is 0 Å². The third-order valence-corrected chi connectivity index (χ3v) is 6.23. The Kier molecular flexibility index (Phi) is 4.54. The van der Waals surface area contributed by atoms with Crippen molar-refractivity contribution in [2.24, 2.45) is 0 Å². The van der Waals surface area contributed by atoms with Crippen LogP contribution in [0.4, 0.5) is 4.79 Å². The fourth-order valence-electron chi connectivity index (χ4n) is 3.38. The summed E-state index contributed by atoms with van der Waals surface area (Å²) in [5.41, 5.74) is 0.916. The van der Waals surface area contributed by atoms with E-state index in [1.807, 2.05) is 18.2 Å². The van der Waals surface area contributed by atoms with Gasteiger partial charge < -0.3 is 10.2 Å². The van der Waals surface area contributed by atoms with Crippen LogP contribution >= 0.6 is 22.9 Å². The van der Waals surface area contributed by atoms with Gasteiger partial charge in [-0.2, -0.15) is 0 Å². The summed E-state index contributed by atoms with van der Waals surface area (Å²) in [6.07, 6.45) is 1.67. The number of hydrogen-bond donors (Lipinski definition) is 2. The number of carbonyl (C=O) groups excluding carboxylic acids is 3. The maximum absolute atomic E-state index is 12.4. The van der Waals surface area contributed by atoms with Crippen LogP contribution in [0.25, 0.3) is 10.2 Å². The van der Waals surface area contributed by atoms with Gasteiger partial charge in [0.2, 0.25) is 5.91 Å². The van der Waals surface area contributed by atoms with Gasteiger partial charge in [0.05, 0.1) is 21.6 Å². The van der Waals surface area contributed by atoms with Crippen LogP contribution in [0.1, 0.15) is 30.2 Å². The molecule has 0 bridgehead atoms. The van der Waals surface area contributed by atoms with E-state index in [-0.39, 0.29) is 12.3 Å². The molecule has 1 aromatic carbocycles. The van der Waals surface area contributed by atoms with Crippen LogP contribution in [0.15, 0.2) is 18.2 Å². The molecule has 2 N–H and O–H groups in total. The summed E-state index contributed by atoms with van der Waals surface area (Å²) < 4.78 is 1.12. The molecule has 1 atom stereocenters. The SMILES string of the molecule is O=C1NC(=O)[C@H](CC(=O)N2CCC(c3nc4cc(Cl)ccc4s3)CC2)N1. The zero-order valence-electron chi connectivity index (χ0n) is 13.8. The molecular weight excluding hydrogens is 376 g/mol. The lowest BCUT2D eigenvalue weighted by atomic mass is 9.97. The highest BCUT2D eigenvalue weighted by Crippen LogP contribution is 2.34. The summed E-state index contributed by atoms with van der Waals surface area (Å²) >= 11 is 7.70. The second-order valence-electron chi connectivity index (χ2n) is 6.54. The molecule has 0 saturated carbocycles. The number of nitrogens with one attached hydrogen (secondary N) is 2. The molecule has 9 heteroatoms. The van der Waals surface area contributed by atoms with E-state index in [9.17, 15) is 14.4 Å². The van der Waals surface area contributed by atoms with E-state index in [1.54, 1.807) is 16.2 Å². The molecule has 0 unspecified atom stereocenters. The van der Waals surface area contributed by atoms with Crippen LogP contribution < -0.4 is 10.6 Å². The molecule has 2 aliphatic heterocycles. The van der Waals surface area contributed by atoms with E-state index < -0.39 is 18.0 Å². The lowest BCUT2D eigenvalue weighted by molar-refractivity contribution is -0.134. The number of imide groups is 1. The van der Waals surface area contributed by atoms with Crippen LogP contribution in [-0.2, 0) is 9.59 Å². The molecule has 4 amide bonds. The van der Waals surface area contributed by atoms with E-state index >= 15 is 0 Å². The summed E-state index contributed by atoms with van der Waals surface area (Å²) in [5.74, 6) is -0.224. The van der Waals surface area contributed by atoms with Crippen molar-refractivity contribution in [3.8, 4) is 0 Å². The van der Waals surface area contributed by atoms with Crippen LogP contribution in [0.5, 0.6) is 0 Å². The van der Waals surface area contributed by atoms with Crippen LogP contribution in [0.2, 0.25) is 5.02 Å². The second kappa shape index (κ2) is 6.85. The number of nitrogens with zero attached hydrogens (tertiary/aromatic N) is 2. The van der Waals surface area contributed by atoms with Gasteiger partial charge in [-0.3, -0.25) is 14.9 Å². The lowest BCUT2D eigenvalue weighted by Crippen LogP contribution is -2.42. The van der Waals surface area contributed by atoms with Crippen molar-refractivity contribution in [1.82, 2.24) is 20.5 Å². The van der Waals surface area contributed by atoms with Crippen LogP contribution in [-0.4, -0.2) is 46.9 Å². The summed E-state index contributed by atoms with van der Waals surface area (Å²) in [6.45, 7) is 1.25. The van der Waals surface area contributed by atoms with E-state index in [2.05, 4.69) is 10.6 Å². The average molecular weight is 393 g/mol. The number of benzene rings is 1. The normalized spacial score (nSPS) is 21.1. The van der Waals surface area contributed by atoms with E-state index in [4.69, 9.17) is 16.6 Å². The smallest absolute Gasteiger partial charge is 0.322 e. The number of likely N-dealkylation sites (tertiary alicyclic amines) is 1. The standard InChI is InChI=1S/C17H17ClN4O3S/c18-10-1-2-13-11(7-10)19-16(26-13)9-3-5-22(6-4-9)14(23)8-12-15(24)21-17(25)20-12/h1-2,7,9,12H,3-6,8H2,(H2,20,21,24,25)/t12-/m0/s1. The molecule has 2 aromatic rings. The number of halogens is 1. The zero-order valence-corrected chi connectivity index (χ0v) is 15.4. The van der Waals surface area contributed by atoms with Gasteiger partial charge in [0.25, 0.3) is 5.91 Å². The summed E-state index contributed by atoms with van der Waals surface area (Å²) in [5, 5.41) is 6.36. The number of thiazole rings is 1. The monoisotopic (exact) mass is 392 g/mol. The number of aromatic nitrogens is 1. The molecule has 2 fully saturated rings. The molecule has 0 radical (unpaired) electrons. The Hall–Kier alpha value is -2.19.